The van der Waals surface area contributed by atoms with Gasteiger partial charge >= 0.3 is 0 Å². The van der Waals surface area contributed by atoms with Gasteiger partial charge in [-0.15, -0.1) is 10.2 Å². The van der Waals surface area contributed by atoms with E-state index >= 15 is 0 Å². The van der Waals surface area contributed by atoms with Crippen molar-refractivity contribution in [1.29, 1.82) is 0 Å². The number of ether oxygens (including phenoxy) is 1. The molecule has 0 saturated carbocycles. The molecule has 8 nitrogen and oxygen atoms in total. The van der Waals surface area contributed by atoms with Gasteiger partial charge in [-0.25, -0.2) is 4.68 Å². The highest BCUT2D eigenvalue weighted by Crippen LogP contribution is 2.40. The molecule has 2 atom stereocenters. The quantitative estimate of drug-likeness (QED) is 0.424. The highest BCUT2D eigenvalue weighted by molar-refractivity contribution is 8.00. The summed E-state index contributed by atoms with van der Waals surface area (Å²) in [5.74, 6) is 1.75. The zero-order valence-corrected chi connectivity index (χ0v) is 19.1. The minimum Gasteiger partial charge on any atom is -0.495 e. The lowest BCUT2D eigenvalue weighted by atomic mass is 10.0. The monoisotopic (exact) mass is 481 g/mol. The van der Waals surface area contributed by atoms with Crippen LogP contribution in [0.1, 0.15) is 17.4 Å². The summed E-state index contributed by atoms with van der Waals surface area (Å²) in [6.45, 7) is 0.293. The number of carbonyl (C=O) groups is 1. The molecule has 0 radical (unpaired) electrons. The number of amides is 1. The topological polar surface area (TPSA) is 94.2 Å². The molecule has 2 N–H and O–H groups in total. The van der Waals surface area contributed by atoms with Crippen molar-refractivity contribution < 1.29 is 13.9 Å². The summed E-state index contributed by atoms with van der Waals surface area (Å²) in [6.07, 6.45) is 1.58. The van der Waals surface area contributed by atoms with Crippen molar-refractivity contribution in [1.82, 2.24) is 20.2 Å². The molecule has 0 bridgehead atoms. The number of aromatic nitrogens is 3. The Bertz CT molecular complexity index is 1260. The summed E-state index contributed by atoms with van der Waals surface area (Å²) in [6, 6.07) is 18.5. The second-order valence-electron chi connectivity index (χ2n) is 7.34. The second-order valence-corrected chi connectivity index (χ2v) is 8.86. The highest BCUT2D eigenvalue weighted by Gasteiger charge is 2.38. The predicted octanol–water partition coefficient (Wildman–Crippen LogP) is 4.28. The number of hydrogen-bond donors (Lipinski definition) is 2. The van der Waals surface area contributed by atoms with E-state index in [-0.39, 0.29) is 5.91 Å². The number of hydrogen-bond acceptors (Lipinski definition) is 7. The molecule has 1 aliphatic rings. The molecule has 0 saturated heterocycles. The van der Waals surface area contributed by atoms with E-state index in [1.807, 2.05) is 53.2 Å². The Labute approximate surface area is 199 Å². The maximum Gasteiger partial charge on any atom is 0.236 e. The normalized spacial score (nSPS) is 17.2. The van der Waals surface area contributed by atoms with E-state index in [1.54, 1.807) is 25.5 Å². The third-order valence-electron chi connectivity index (χ3n) is 5.28. The average Bonchev–Trinajstić information content (AvgIpc) is 3.52. The molecule has 3 heterocycles. The number of furan rings is 1. The van der Waals surface area contributed by atoms with Gasteiger partial charge in [0.05, 0.1) is 31.0 Å². The number of fused-ring (bicyclic) bond motifs is 1. The zero-order chi connectivity index (χ0) is 22.8. The summed E-state index contributed by atoms with van der Waals surface area (Å²) >= 11 is 7.75. The smallest absolute Gasteiger partial charge is 0.236 e. The zero-order valence-electron chi connectivity index (χ0n) is 17.6. The summed E-state index contributed by atoms with van der Waals surface area (Å²) in [4.78, 5) is 13.2. The van der Waals surface area contributed by atoms with Crippen molar-refractivity contribution in [3.63, 3.8) is 0 Å². The molecule has 10 heteroatoms. The van der Waals surface area contributed by atoms with Crippen molar-refractivity contribution in [3.8, 4) is 17.1 Å². The third kappa shape index (κ3) is 4.29. The molecule has 5 rings (SSSR count). The van der Waals surface area contributed by atoms with Crippen LogP contribution >= 0.6 is 23.4 Å². The Morgan fingerprint density at radius 2 is 2.06 bits per heavy atom. The summed E-state index contributed by atoms with van der Waals surface area (Å²) < 4.78 is 12.4. The minimum absolute atomic E-state index is 0.156. The Balaban J connectivity index is 1.49. The molecule has 2 aromatic heterocycles. The van der Waals surface area contributed by atoms with Crippen LogP contribution in [0.2, 0.25) is 5.02 Å². The first-order chi connectivity index (χ1) is 16.1. The van der Waals surface area contributed by atoms with Crippen LogP contribution in [0.15, 0.2) is 76.5 Å². The van der Waals surface area contributed by atoms with Gasteiger partial charge in [0.1, 0.15) is 16.8 Å². The largest absolute Gasteiger partial charge is 0.495 e. The number of benzene rings is 2. The van der Waals surface area contributed by atoms with E-state index in [9.17, 15) is 4.79 Å². The number of halogens is 1. The van der Waals surface area contributed by atoms with E-state index in [2.05, 4.69) is 20.9 Å². The molecule has 0 aliphatic carbocycles. The maximum absolute atomic E-state index is 13.2. The fourth-order valence-corrected chi connectivity index (χ4v) is 5.01. The Kier molecular flexibility index (Phi) is 5.97. The SMILES string of the molecule is COc1ccc([C@@H]2Nn3c(nnc3-c3ccccc3)S[C@H]2C(=O)NCc2ccco2)cc1Cl. The fraction of sp³-hybridized carbons (Fsp3) is 0.174. The highest BCUT2D eigenvalue weighted by atomic mass is 35.5. The molecule has 1 amide bonds. The third-order valence-corrected chi connectivity index (χ3v) is 6.79. The lowest BCUT2D eigenvalue weighted by Gasteiger charge is -2.33. The number of nitrogens with one attached hydrogen (secondary N) is 2. The first kappa shape index (κ1) is 21.4. The molecule has 33 heavy (non-hydrogen) atoms. The van der Waals surface area contributed by atoms with E-state index in [4.69, 9.17) is 20.8 Å². The fourth-order valence-electron chi connectivity index (χ4n) is 3.64. The summed E-state index contributed by atoms with van der Waals surface area (Å²) in [5.41, 5.74) is 5.19. The van der Waals surface area contributed by atoms with Crippen molar-refractivity contribution in [2.24, 2.45) is 0 Å². The van der Waals surface area contributed by atoms with Crippen molar-refractivity contribution in [3.05, 3.63) is 83.3 Å². The van der Waals surface area contributed by atoms with Gasteiger partial charge in [0.25, 0.3) is 0 Å². The average molecular weight is 482 g/mol. The van der Waals surface area contributed by atoms with Gasteiger partial charge in [0, 0.05) is 5.56 Å². The van der Waals surface area contributed by atoms with Gasteiger partial charge in [-0.05, 0) is 29.8 Å². The van der Waals surface area contributed by atoms with Crippen LogP contribution < -0.4 is 15.5 Å². The number of rotatable bonds is 6. The molecular formula is C23H20ClN5O3S. The predicted molar refractivity (Wildman–Crippen MR) is 126 cm³/mol. The Morgan fingerprint density at radius 1 is 1.21 bits per heavy atom. The van der Waals surface area contributed by atoms with Crippen molar-refractivity contribution >= 4 is 29.3 Å². The maximum atomic E-state index is 13.2. The molecule has 168 valence electrons. The standard InChI is InChI=1S/C23H20ClN5O3S/c1-31-18-10-9-15(12-17(18)24)19-20(22(30)25-13-16-8-5-11-32-16)33-23-27-26-21(29(23)28-19)14-6-3-2-4-7-14/h2-12,19-20,28H,13H2,1H3,(H,25,30)/t19-,20+/m0/s1. The molecule has 0 unspecified atom stereocenters. The van der Waals surface area contributed by atoms with E-state index in [0.29, 0.717) is 34.1 Å². The lowest BCUT2D eigenvalue weighted by Crippen LogP contribution is -2.43. The van der Waals surface area contributed by atoms with Crippen LogP contribution in [-0.2, 0) is 11.3 Å². The van der Waals surface area contributed by atoms with Crippen LogP contribution in [-0.4, -0.2) is 33.1 Å². The van der Waals surface area contributed by atoms with Gasteiger partial charge in [-0.2, -0.15) is 0 Å². The van der Waals surface area contributed by atoms with E-state index in [1.165, 1.54) is 11.8 Å². The van der Waals surface area contributed by atoms with Gasteiger partial charge in [-0.3, -0.25) is 4.79 Å². The lowest BCUT2D eigenvalue weighted by molar-refractivity contribution is -0.121. The van der Waals surface area contributed by atoms with Gasteiger partial charge in [-0.1, -0.05) is 59.8 Å². The molecule has 1 aliphatic heterocycles. The number of nitrogens with zero attached hydrogens (tertiary/aromatic N) is 3. The Morgan fingerprint density at radius 3 is 2.79 bits per heavy atom. The van der Waals surface area contributed by atoms with Crippen LogP contribution in [0.25, 0.3) is 11.4 Å². The molecule has 2 aromatic carbocycles. The first-order valence-electron chi connectivity index (χ1n) is 10.2. The van der Waals surface area contributed by atoms with E-state index in [0.717, 1.165) is 11.1 Å². The van der Waals surface area contributed by atoms with Crippen LogP contribution in [0.3, 0.4) is 0 Å². The van der Waals surface area contributed by atoms with Gasteiger partial charge < -0.3 is 19.9 Å². The number of methoxy groups -OCH3 is 1. The molecule has 0 fully saturated rings. The Hall–Kier alpha value is -3.43. The van der Waals surface area contributed by atoms with Crippen molar-refractivity contribution in [2.45, 2.75) is 23.0 Å². The molecular weight excluding hydrogens is 462 g/mol. The van der Waals surface area contributed by atoms with E-state index < -0.39 is 11.3 Å². The van der Waals surface area contributed by atoms with Crippen molar-refractivity contribution in [2.75, 3.05) is 12.5 Å². The van der Waals surface area contributed by atoms with Gasteiger partial charge in [0.2, 0.25) is 11.1 Å². The summed E-state index contributed by atoms with van der Waals surface area (Å²) in [7, 11) is 1.57. The van der Waals surface area contributed by atoms with Crippen LogP contribution in [0, 0.1) is 0 Å². The number of carbonyl (C=O) groups excluding carboxylic acids is 1. The molecule has 0 spiro atoms. The molecule has 4 aromatic rings. The van der Waals surface area contributed by atoms with Crippen LogP contribution in [0.5, 0.6) is 5.75 Å². The number of thioether (sulfide) groups is 1. The van der Waals surface area contributed by atoms with Crippen LogP contribution in [0.4, 0.5) is 0 Å². The summed E-state index contributed by atoms with van der Waals surface area (Å²) in [5, 5.41) is 12.2. The first-order valence-corrected chi connectivity index (χ1v) is 11.5. The second kappa shape index (κ2) is 9.21. The van der Waals surface area contributed by atoms with Gasteiger partial charge in [0.15, 0.2) is 5.82 Å². The minimum atomic E-state index is -0.523.